The van der Waals surface area contributed by atoms with Crippen LogP contribution in [0.5, 0.6) is 0 Å². The van der Waals surface area contributed by atoms with E-state index in [1.165, 1.54) is 12.1 Å². The second kappa shape index (κ2) is 5.64. The standard InChI is InChI=1S/C13H12FN.ClH/c14-12-8-4-7-11(9-12)13(15)10-5-2-1-3-6-10;/h1-9,13H,15H2;1H. The molecule has 16 heavy (non-hydrogen) atoms. The van der Waals surface area contributed by atoms with Gasteiger partial charge in [-0.2, -0.15) is 0 Å². The molecule has 0 fully saturated rings. The van der Waals surface area contributed by atoms with Gasteiger partial charge in [-0.05, 0) is 23.3 Å². The number of halogens is 2. The number of benzene rings is 2. The maximum Gasteiger partial charge on any atom is 0.123 e. The van der Waals surface area contributed by atoms with Crippen molar-refractivity contribution in [3.63, 3.8) is 0 Å². The van der Waals surface area contributed by atoms with Gasteiger partial charge in [-0.15, -0.1) is 12.4 Å². The molecule has 0 aromatic heterocycles. The van der Waals surface area contributed by atoms with E-state index in [1.54, 1.807) is 6.07 Å². The van der Waals surface area contributed by atoms with E-state index in [2.05, 4.69) is 0 Å². The lowest BCUT2D eigenvalue weighted by Crippen LogP contribution is -2.11. The second-order valence-electron chi connectivity index (χ2n) is 3.44. The average molecular weight is 238 g/mol. The Morgan fingerprint density at radius 1 is 0.875 bits per heavy atom. The Kier molecular flexibility index (Phi) is 4.47. The lowest BCUT2D eigenvalue weighted by Gasteiger charge is -2.12. The van der Waals surface area contributed by atoms with E-state index in [0.29, 0.717) is 0 Å². The van der Waals surface area contributed by atoms with Crippen molar-refractivity contribution in [3.05, 3.63) is 71.5 Å². The summed E-state index contributed by atoms with van der Waals surface area (Å²) >= 11 is 0. The summed E-state index contributed by atoms with van der Waals surface area (Å²) in [5.74, 6) is -0.251. The summed E-state index contributed by atoms with van der Waals surface area (Å²) < 4.78 is 13.0. The molecule has 1 atom stereocenters. The zero-order valence-corrected chi connectivity index (χ0v) is 9.45. The van der Waals surface area contributed by atoms with E-state index in [4.69, 9.17) is 5.73 Å². The van der Waals surface area contributed by atoms with Gasteiger partial charge in [0.1, 0.15) is 5.82 Å². The van der Waals surface area contributed by atoms with Crippen LogP contribution in [0.15, 0.2) is 54.6 Å². The minimum absolute atomic E-state index is 0. The van der Waals surface area contributed by atoms with Gasteiger partial charge < -0.3 is 5.73 Å². The van der Waals surface area contributed by atoms with Crippen LogP contribution in [0.25, 0.3) is 0 Å². The first-order chi connectivity index (χ1) is 7.27. The normalized spacial score (nSPS) is 11.6. The van der Waals surface area contributed by atoms with Crippen molar-refractivity contribution < 1.29 is 4.39 Å². The Morgan fingerprint density at radius 2 is 1.50 bits per heavy atom. The molecule has 2 N–H and O–H groups in total. The first kappa shape index (κ1) is 12.7. The molecule has 2 rings (SSSR count). The van der Waals surface area contributed by atoms with Crippen LogP contribution < -0.4 is 5.73 Å². The van der Waals surface area contributed by atoms with Gasteiger partial charge in [0.05, 0.1) is 6.04 Å². The van der Waals surface area contributed by atoms with Crippen LogP contribution >= 0.6 is 12.4 Å². The monoisotopic (exact) mass is 237 g/mol. The van der Waals surface area contributed by atoms with E-state index in [0.717, 1.165) is 11.1 Å². The number of hydrogen-bond acceptors (Lipinski definition) is 1. The van der Waals surface area contributed by atoms with Crippen LogP contribution in [0.1, 0.15) is 17.2 Å². The fraction of sp³-hybridized carbons (Fsp3) is 0.0769. The van der Waals surface area contributed by atoms with Gasteiger partial charge in [-0.25, -0.2) is 4.39 Å². The van der Waals surface area contributed by atoms with Gasteiger partial charge in [0.15, 0.2) is 0 Å². The fourth-order valence-corrected chi connectivity index (χ4v) is 1.55. The van der Waals surface area contributed by atoms with Crippen LogP contribution in [0.4, 0.5) is 4.39 Å². The van der Waals surface area contributed by atoms with Crippen LogP contribution in [-0.2, 0) is 0 Å². The second-order valence-corrected chi connectivity index (χ2v) is 3.44. The zero-order valence-electron chi connectivity index (χ0n) is 8.64. The quantitative estimate of drug-likeness (QED) is 0.852. The van der Waals surface area contributed by atoms with Crippen molar-refractivity contribution in [3.8, 4) is 0 Å². The highest BCUT2D eigenvalue weighted by Crippen LogP contribution is 2.19. The van der Waals surface area contributed by atoms with Gasteiger partial charge in [0.2, 0.25) is 0 Å². The highest BCUT2D eigenvalue weighted by molar-refractivity contribution is 5.85. The Balaban J connectivity index is 0.00000128. The molecule has 2 aromatic rings. The van der Waals surface area contributed by atoms with Crippen molar-refractivity contribution in [2.45, 2.75) is 6.04 Å². The Morgan fingerprint density at radius 3 is 2.12 bits per heavy atom. The average Bonchev–Trinajstić information content (AvgIpc) is 2.29. The fourth-order valence-electron chi connectivity index (χ4n) is 1.55. The van der Waals surface area contributed by atoms with Crippen molar-refractivity contribution >= 4 is 12.4 Å². The van der Waals surface area contributed by atoms with Gasteiger partial charge in [0, 0.05) is 0 Å². The summed E-state index contributed by atoms with van der Waals surface area (Å²) in [6.07, 6.45) is 0. The van der Waals surface area contributed by atoms with E-state index < -0.39 is 0 Å². The van der Waals surface area contributed by atoms with Crippen LogP contribution in [0.3, 0.4) is 0 Å². The number of hydrogen-bond donors (Lipinski definition) is 1. The van der Waals surface area contributed by atoms with Gasteiger partial charge in [0.25, 0.3) is 0 Å². The van der Waals surface area contributed by atoms with Crippen molar-refractivity contribution in [1.29, 1.82) is 0 Å². The molecular formula is C13H13ClFN. The molecule has 0 saturated carbocycles. The van der Waals surface area contributed by atoms with E-state index in [9.17, 15) is 4.39 Å². The Labute approximate surface area is 101 Å². The maximum absolute atomic E-state index is 13.0. The molecule has 1 unspecified atom stereocenters. The van der Waals surface area contributed by atoms with Crippen molar-refractivity contribution in [2.75, 3.05) is 0 Å². The van der Waals surface area contributed by atoms with Crippen molar-refractivity contribution in [2.24, 2.45) is 5.73 Å². The predicted octanol–water partition coefficient (Wildman–Crippen LogP) is 3.30. The SMILES string of the molecule is Cl.NC(c1ccccc1)c1cccc(F)c1. The molecule has 0 spiro atoms. The van der Waals surface area contributed by atoms with E-state index in [1.807, 2.05) is 36.4 Å². The minimum atomic E-state index is -0.262. The summed E-state index contributed by atoms with van der Waals surface area (Å²) in [6, 6.07) is 15.8. The smallest absolute Gasteiger partial charge is 0.123 e. The van der Waals surface area contributed by atoms with Crippen molar-refractivity contribution in [1.82, 2.24) is 0 Å². The maximum atomic E-state index is 13.0. The van der Waals surface area contributed by atoms with Crippen LogP contribution in [-0.4, -0.2) is 0 Å². The van der Waals surface area contributed by atoms with E-state index in [-0.39, 0.29) is 24.3 Å². The third-order valence-electron chi connectivity index (χ3n) is 2.37. The molecule has 0 bridgehead atoms. The largest absolute Gasteiger partial charge is 0.320 e. The summed E-state index contributed by atoms with van der Waals surface area (Å²) in [7, 11) is 0. The molecule has 0 heterocycles. The molecule has 0 radical (unpaired) electrons. The zero-order chi connectivity index (χ0) is 10.7. The number of rotatable bonds is 2. The first-order valence-corrected chi connectivity index (χ1v) is 4.83. The summed E-state index contributed by atoms with van der Waals surface area (Å²) in [5.41, 5.74) is 7.80. The molecule has 0 amide bonds. The van der Waals surface area contributed by atoms with Crippen LogP contribution in [0, 0.1) is 5.82 Å². The minimum Gasteiger partial charge on any atom is -0.320 e. The summed E-state index contributed by atoms with van der Waals surface area (Å²) in [6.45, 7) is 0. The Bertz CT molecular complexity index is 445. The van der Waals surface area contributed by atoms with E-state index >= 15 is 0 Å². The van der Waals surface area contributed by atoms with Gasteiger partial charge in [-0.3, -0.25) is 0 Å². The third-order valence-corrected chi connectivity index (χ3v) is 2.37. The molecule has 2 aromatic carbocycles. The molecule has 1 nitrogen and oxygen atoms in total. The Hall–Kier alpha value is -1.38. The molecule has 0 aliphatic heterocycles. The molecule has 84 valence electrons. The molecular weight excluding hydrogens is 225 g/mol. The number of nitrogens with two attached hydrogens (primary N) is 1. The molecule has 0 aliphatic carbocycles. The lowest BCUT2D eigenvalue weighted by atomic mass is 10.00. The van der Waals surface area contributed by atoms with Gasteiger partial charge >= 0.3 is 0 Å². The highest BCUT2D eigenvalue weighted by Gasteiger charge is 2.08. The summed E-state index contributed by atoms with van der Waals surface area (Å²) in [5, 5.41) is 0. The molecule has 0 saturated heterocycles. The highest BCUT2D eigenvalue weighted by atomic mass is 35.5. The lowest BCUT2D eigenvalue weighted by molar-refractivity contribution is 0.623. The molecule has 0 aliphatic rings. The summed E-state index contributed by atoms with van der Waals surface area (Å²) in [4.78, 5) is 0. The topological polar surface area (TPSA) is 26.0 Å². The van der Waals surface area contributed by atoms with Crippen LogP contribution in [0.2, 0.25) is 0 Å². The predicted molar refractivity (Wildman–Crippen MR) is 66.1 cm³/mol. The third kappa shape index (κ3) is 2.81. The van der Waals surface area contributed by atoms with Gasteiger partial charge in [-0.1, -0.05) is 42.5 Å². The molecule has 3 heteroatoms. The first-order valence-electron chi connectivity index (χ1n) is 4.83.